The predicted octanol–water partition coefficient (Wildman–Crippen LogP) is 4.29. The highest BCUT2D eigenvalue weighted by Gasteiger charge is 2.06. The van der Waals surface area contributed by atoms with E-state index in [9.17, 15) is 4.79 Å². The lowest BCUT2D eigenvalue weighted by Crippen LogP contribution is -1.91. The molecule has 0 aromatic carbocycles. The van der Waals surface area contributed by atoms with Crippen LogP contribution in [0.2, 0.25) is 0 Å². The summed E-state index contributed by atoms with van der Waals surface area (Å²) in [7, 11) is 0. The fraction of sp³-hybridized carbons (Fsp3) is 0.267. The summed E-state index contributed by atoms with van der Waals surface area (Å²) in [6, 6.07) is 1.52. The van der Waals surface area contributed by atoms with Crippen molar-refractivity contribution in [3.05, 3.63) is 53.5 Å². The number of furan rings is 1. The van der Waals surface area contributed by atoms with E-state index in [-0.39, 0.29) is 5.56 Å². The summed E-state index contributed by atoms with van der Waals surface area (Å²) in [5.74, 6) is -0.394. The van der Waals surface area contributed by atoms with Gasteiger partial charge in [0, 0.05) is 0 Å². The van der Waals surface area contributed by atoms with Crippen LogP contribution < -0.4 is 0 Å². The van der Waals surface area contributed by atoms with Crippen LogP contribution in [0.3, 0.4) is 0 Å². The summed E-state index contributed by atoms with van der Waals surface area (Å²) in [6.07, 6.45) is 8.91. The molecule has 0 aliphatic carbocycles. The average Bonchev–Trinajstić information content (AvgIpc) is 2.77. The Morgan fingerprint density at radius 3 is 2.78 bits per heavy atom. The number of aromatic carboxylic acids is 1. The molecule has 1 aromatic rings. The first kappa shape index (κ1) is 14.0. The van der Waals surface area contributed by atoms with E-state index >= 15 is 0 Å². The van der Waals surface area contributed by atoms with Crippen LogP contribution in [0.5, 0.6) is 0 Å². The molecule has 1 rings (SSSR count). The van der Waals surface area contributed by atoms with Crippen molar-refractivity contribution in [2.24, 2.45) is 0 Å². The Kier molecular flexibility index (Phi) is 5.18. The minimum atomic E-state index is -0.972. The lowest BCUT2D eigenvalue weighted by molar-refractivity contribution is 0.0696. The number of carbonyl (C=O) groups is 1. The molecule has 0 fully saturated rings. The molecule has 0 spiro atoms. The minimum absolute atomic E-state index is 0.177. The molecule has 3 nitrogen and oxygen atoms in total. The van der Waals surface area contributed by atoms with Crippen molar-refractivity contribution < 1.29 is 14.3 Å². The lowest BCUT2D eigenvalue weighted by Gasteiger charge is -1.97. The molecule has 0 bridgehead atoms. The molecule has 0 saturated heterocycles. The van der Waals surface area contributed by atoms with Gasteiger partial charge in [-0.25, -0.2) is 4.79 Å². The number of hydrogen-bond acceptors (Lipinski definition) is 2. The molecular formula is C15H18O3. The lowest BCUT2D eigenvalue weighted by atomic mass is 10.1. The van der Waals surface area contributed by atoms with Gasteiger partial charge in [-0.3, -0.25) is 0 Å². The standard InChI is InChI=1S/C15H18O3/c1-4-11(2)6-5-7-12(3)8-14-9-13(10-18-14)15(16)17/h4,6,8-10H,1,5,7H2,2-3H3,(H,16,17)/b11-6+,12-8+. The first-order valence-electron chi connectivity index (χ1n) is 5.81. The van der Waals surface area contributed by atoms with E-state index in [2.05, 4.69) is 12.7 Å². The van der Waals surface area contributed by atoms with Gasteiger partial charge in [-0.15, -0.1) is 0 Å². The van der Waals surface area contributed by atoms with Crippen LogP contribution in [0.25, 0.3) is 6.08 Å². The van der Waals surface area contributed by atoms with Crippen LogP contribution in [0.4, 0.5) is 0 Å². The molecule has 1 heterocycles. The van der Waals surface area contributed by atoms with E-state index in [1.165, 1.54) is 12.3 Å². The molecule has 18 heavy (non-hydrogen) atoms. The first-order chi connectivity index (χ1) is 8.52. The normalized spacial score (nSPS) is 12.6. The Labute approximate surface area is 107 Å². The SMILES string of the molecule is C=C/C(C)=C/CC/C(C)=C/c1cc(C(=O)O)co1. The fourth-order valence-corrected chi connectivity index (χ4v) is 1.47. The second kappa shape index (κ2) is 6.64. The second-order valence-corrected chi connectivity index (χ2v) is 4.22. The first-order valence-corrected chi connectivity index (χ1v) is 5.81. The molecule has 96 valence electrons. The van der Waals surface area contributed by atoms with Gasteiger partial charge in [0.1, 0.15) is 12.0 Å². The maximum atomic E-state index is 10.7. The molecule has 1 N–H and O–H groups in total. The molecule has 0 radical (unpaired) electrons. The monoisotopic (exact) mass is 246 g/mol. The van der Waals surface area contributed by atoms with E-state index in [1.54, 1.807) is 0 Å². The summed E-state index contributed by atoms with van der Waals surface area (Å²) >= 11 is 0. The van der Waals surface area contributed by atoms with Crippen LogP contribution in [-0.4, -0.2) is 11.1 Å². The van der Waals surface area contributed by atoms with Gasteiger partial charge in [-0.05, 0) is 38.8 Å². The van der Waals surface area contributed by atoms with Crippen LogP contribution in [-0.2, 0) is 0 Å². The summed E-state index contributed by atoms with van der Waals surface area (Å²) in [4.78, 5) is 10.7. The van der Waals surface area contributed by atoms with Crippen LogP contribution in [0.1, 0.15) is 42.8 Å². The van der Waals surface area contributed by atoms with Crippen molar-refractivity contribution in [3.8, 4) is 0 Å². The Hall–Kier alpha value is -2.03. The van der Waals surface area contributed by atoms with Gasteiger partial charge < -0.3 is 9.52 Å². The smallest absolute Gasteiger partial charge is 0.338 e. The summed E-state index contributed by atoms with van der Waals surface area (Å²) in [5.41, 5.74) is 2.49. The molecule has 3 heteroatoms. The van der Waals surface area contributed by atoms with Gasteiger partial charge in [-0.1, -0.05) is 29.9 Å². The number of carboxylic acids is 1. The Balaban J connectivity index is 2.59. The van der Waals surface area contributed by atoms with Gasteiger partial charge >= 0.3 is 5.97 Å². The van der Waals surface area contributed by atoms with Gasteiger partial charge in [0.2, 0.25) is 0 Å². The van der Waals surface area contributed by atoms with E-state index in [1.807, 2.05) is 26.0 Å². The van der Waals surface area contributed by atoms with Crippen LogP contribution in [0.15, 0.2) is 46.6 Å². The molecular weight excluding hydrogens is 228 g/mol. The largest absolute Gasteiger partial charge is 0.478 e. The van der Waals surface area contributed by atoms with Gasteiger partial charge in [-0.2, -0.15) is 0 Å². The van der Waals surface area contributed by atoms with Gasteiger partial charge in [0.15, 0.2) is 0 Å². The summed E-state index contributed by atoms with van der Waals surface area (Å²) in [5, 5.41) is 8.76. The maximum absolute atomic E-state index is 10.7. The Bertz CT molecular complexity index is 490. The zero-order valence-corrected chi connectivity index (χ0v) is 10.8. The van der Waals surface area contributed by atoms with Crippen LogP contribution >= 0.6 is 0 Å². The third-order valence-electron chi connectivity index (χ3n) is 2.58. The third-order valence-corrected chi connectivity index (χ3v) is 2.58. The number of rotatable bonds is 6. The van der Waals surface area contributed by atoms with Crippen molar-refractivity contribution in [3.63, 3.8) is 0 Å². The Morgan fingerprint density at radius 1 is 1.50 bits per heavy atom. The molecule has 0 atom stereocenters. The van der Waals surface area contributed by atoms with Gasteiger partial charge in [0.25, 0.3) is 0 Å². The van der Waals surface area contributed by atoms with Crippen molar-refractivity contribution in [2.45, 2.75) is 26.7 Å². The van der Waals surface area contributed by atoms with Gasteiger partial charge in [0.05, 0.1) is 5.56 Å². The van der Waals surface area contributed by atoms with E-state index in [4.69, 9.17) is 9.52 Å². The maximum Gasteiger partial charge on any atom is 0.338 e. The van der Waals surface area contributed by atoms with Crippen molar-refractivity contribution >= 4 is 12.0 Å². The molecule has 0 amide bonds. The van der Waals surface area contributed by atoms with E-state index < -0.39 is 5.97 Å². The number of hydrogen-bond donors (Lipinski definition) is 1. The highest BCUT2D eigenvalue weighted by Crippen LogP contribution is 2.15. The van der Waals surface area contributed by atoms with Crippen molar-refractivity contribution in [1.82, 2.24) is 0 Å². The van der Waals surface area contributed by atoms with Crippen LogP contribution in [0, 0.1) is 0 Å². The highest BCUT2D eigenvalue weighted by atomic mass is 16.4. The Morgan fingerprint density at radius 2 is 2.22 bits per heavy atom. The summed E-state index contributed by atoms with van der Waals surface area (Å²) < 4.78 is 5.16. The van der Waals surface area contributed by atoms with E-state index in [0.29, 0.717) is 5.76 Å². The highest BCUT2D eigenvalue weighted by molar-refractivity contribution is 5.87. The molecule has 0 aliphatic heterocycles. The topological polar surface area (TPSA) is 50.4 Å². The average molecular weight is 246 g/mol. The number of carboxylic acid groups (broad SMARTS) is 1. The third kappa shape index (κ3) is 4.45. The number of allylic oxidation sites excluding steroid dienone is 4. The molecule has 0 aliphatic rings. The van der Waals surface area contributed by atoms with E-state index in [0.717, 1.165) is 24.0 Å². The quantitative estimate of drug-likeness (QED) is 0.761. The predicted molar refractivity (Wildman–Crippen MR) is 72.5 cm³/mol. The molecule has 0 saturated carbocycles. The van der Waals surface area contributed by atoms with Crippen molar-refractivity contribution in [1.29, 1.82) is 0 Å². The zero-order chi connectivity index (χ0) is 13.5. The summed E-state index contributed by atoms with van der Waals surface area (Å²) in [6.45, 7) is 7.70. The van der Waals surface area contributed by atoms with Crippen molar-refractivity contribution in [2.75, 3.05) is 0 Å². The molecule has 1 aromatic heterocycles. The fourth-order valence-electron chi connectivity index (χ4n) is 1.47. The minimum Gasteiger partial charge on any atom is -0.478 e. The zero-order valence-electron chi connectivity index (χ0n) is 10.8. The molecule has 0 unspecified atom stereocenters. The second-order valence-electron chi connectivity index (χ2n) is 4.22.